The summed E-state index contributed by atoms with van der Waals surface area (Å²) in [5, 5.41) is 6.63. The van der Waals surface area contributed by atoms with Crippen molar-refractivity contribution in [2.75, 3.05) is 47.5 Å². The van der Waals surface area contributed by atoms with Crippen LogP contribution in [0.4, 0.5) is 0 Å². The zero-order valence-electron chi connectivity index (χ0n) is 11.7. The highest BCUT2D eigenvalue weighted by Crippen LogP contribution is 2.15. The Bertz CT molecular complexity index is 180. The summed E-state index contributed by atoms with van der Waals surface area (Å²) >= 11 is 0. The van der Waals surface area contributed by atoms with Crippen molar-refractivity contribution in [2.45, 2.75) is 18.6 Å². The quantitative estimate of drug-likeness (QED) is 0.259. The Morgan fingerprint density at radius 2 is 1.39 bits per heavy atom. The molecule has 0 fully saturated rings. The van der Waals surface area contributed by atoms with Crippen LogP contribution in [-0.4, -0.2) is 62.5 Å². The molecular weight excluding hydrogens is 252 g/mol. The second-order valence-electron chi connectivity index (χ2n) is 3.87. The van der Waals surface area contributed by atoms with Gasteiger partial charge in [0.25, 0.3) is 0 Å². The molecule has 0 amide bonds. The maximum atomic E-state index is 5.49. The van der Waals surface area contributed by atoms with Crippen molar-refractivity contribution in [3.05, 3.63) is 0 Å². The first-order valence-electron chi connectivity index (χ1n) is 6.20. The monoisotopic (exact) mass is 280 g/mol. The largest absolute Gasteiger partial charge is 0.500 e. The van der Waals surface area contributed by atoms with Crippen molar-refractivity contribution in [1.82, 2.24) is 10.6 Å². The van der Waals surface area contributed by atoms with Crippen molar-refractivity contribution in [1.29, 1.82) is 0 Å². The van der Waals surface area contributed by atoms with Gasteiger partial charge in [-0.05, 0) is 6.42 Å². The van der Waals surface area contributed by atoms with E-state index in [1.807, 2.05) is 0 Å². The summed E-state index contributed by atoms with van der Waals surface area (Å²) in [6, 6.07) is 0.732. The minimum Gasteiger partial charge on any atom is -0.377 e. The first kappa shape index (κ1) is 17.9. The lowest BCUT2D eigenvalue weighted by Gasteiger charge is -2.27. The molecule has 0 aliphatic carbocycles. The highest BCUT2D eigenvalue weighted by Gasteiger charge is 2.37. The predicted octanol–water partition coefficient (Wildman–Crippen LogP) is -1.32. The molecule has 0 aromatic rings. The van der Waals surface area contributed by atoms with Crippen LogP contribution in [0, 0.1) is 0 Å². The molecule has 110 valence electrons. The molecular formula is C10H28N4O3Si. The van der Waals surface area contributed by atoms with E-state index in [1.165, 1.54) is 0 Å². The fraction of sp³-hybridized carbons (Fsp3) is 1.00. The third-order valence-corrected chi connectivity index (χ3v) is 5.51. The summed E-state index contributed by atoms with van der Waals surface area (Å²) in [7, 11) is 2.36. The van der Waals surface area contributed by atoms with Gasteiger partial charge in [-0.15, -0.1) is 0 Å². The molecule has 8 heteroatoms. The van der Waals surface area contributed by atoms with E-state index in [-0.39, 0.29) is 6.17 Å². The third kappa shape index (κ3) is 6.76. The van der Waals surface area contributed by atoms with Crippen LogP contribution in [-0.2, 0) is 13.3 Å². The Morgan fingerprint density at radius 3 is 1.72 bits per heavy atom. The van der Waals surface area contributed by atoms with Crippen molar-refractivity contribution >= 4 is 8.80 Å². The van der Waals surface area contributed by atoms with Crippen molar-refractivity contribution in [2.24, 2.45) is 11.5 Å². The van der Waals surface area contributed by atoms with E-state index >= 15 is 0 Å². The molecule has 7 nitrogen and oxygen atoms in total. The maximum Gasteiger partial charge on any atom is 0.500 e. The maximum absolute atomic E-state index is 5.49. The van der Waals surface area contributed by atoms with E-state index in [0.29, 0.717) is 13.1 Å². The molecule has 0 atom stereocenters. The first-order valence-corrected chi connectivity index (χ1v) is 8.13. The summed E-state index contributed by atoms with van der Waals surface area (Å²) in [6.45, 7) is 2.71. The van der Waals surface area contributed by atoms with E-state index in [2.05, 4.69) is 10.6 Å². The van der Waals surface area contributed by atoms with Gasteiger partial charge in [-0.1, -0.05) is 0 Å². The van der Waals surface area contributed by atoms with Crippen LogP contribution in [0.25, 0.3) is 0 Å². The second-order valence-corrected chi connectivity index (χ2v) is 6.96. The molecule has 0 aliphatic heterocycles. The van der Waals surface area contributed by atoms with E-state index < -0.39 is 8.80 Å². The average molecular weight is 280 g/mol. The Balaban J connectivity index is 4.19. The van der Waals surface area contributed by atoms with Gasteiger partial charge in [-0.3, -0.25) is 0 Å². The van der Waals surface area contributed by atoms with E-state index in [1.54, 1.807) is 21.3 Å². The van der Waals surface area contributed by atoms with Gasteiger partial charge < -0.3 is 35.4 Å². The van der Waals surface area contributed by atoms with Crippen LogP contribution in [0.3, 0.4) is 0 Å². The van der Waals surface area contributed by atoms with Gasteiger partial charge in [-0.25, -0.2) is 0 Å². The Hall–Kier alpha value is -0.0631. The van der Waals surface area contributed by atoms with Crippen LogP contribution < -0.4 is 22.1 Å². The molecule has 0 aliphatic rings. The summed E-state index contributed by atoms with van der Waals surface area (Å²) in [6.07, 6.45) is 0.978. The highest BCUT2D eigenvalue weighted by atomic mass is 28.4. The molecule has 6 N–H and O–H groups in total. The molecule has 0 heterocycles. The topological polar surface area (TPSA) is 104 Å². The molecule has 0 radical (unpaired) electrons. The van der Waals surface area contributed by atoms with Crippen LogP contribution in [0.2, 0.25) is 6.04 Å². The summed E-state index contributed by atoms with van der Waals surface area (Å²) in [5.41, 5.74) is 11.0. The normalized spacial score (nSPS) is 12.3. The molecule has 0 bridgehead atoms. The van der Waals surface area contributed by atoms with Crippen molar-refractivity contribution in [3.63, 3.8) is 0 Å². The summed E-state index contributed by atoms with van der Waals surface area (Å²) in [5.74, 6) is 0. The first-order chi connectivity index (χ1) is 8.67. The average Bonchev–Trinajstić information content (AvgIpc) is 2.42. The second kappa shape index (κ2) is 10.8. The number of rotatable bonds is 12. The number of nitrogens with one attached hydrogen (secondary N) is 2. The van der Waals surface area contributed by atoms with Crippen LogP contribution in [0.1, 0.15) is 6.42 Å². The fourth-order valence-corrected chi connectivity index (χ4v) is 3.42. The lowest BCUT2D eigenvalue weighted by molar-refractivity contribution is 0.121. The standard InChI is InChI=1S/C10H28N4O3Si/c1-15-18(16-2,17-3)9-4-10(13-7-5-11)14-8-6-12/h10,13-14H,4-9,11-12H2,1-3H3. The third-order valence-electron chi connectivity index (χ3n) is 2.74. The SMILES string of the molecule is CO[Si](CCC(NCCN)NCCN)(OC)OC. The zero-order chi connectivity index (χ0) is 13.9. The molecule has 0 saturated heterocycles. The Kier molecular flexibility index (Phi) is 10.8. The van der Waals surface area contributed by atoms with E-state index in [9.17, 15) is 0 Å². The summed E-state index contributed by atoms with van der Waals surface area (Å²) < 4.78 is 16.2. The van der Waals surface area contributed by atoms with Gasteiger partial charge in [0.2, 0.25) is 0 Å². The molecule has 0 saturated carbocycles. The Labute approximate surface area is 111 Å². The number of nitrogens with two attached hydrogens (primary N) is 2. The van der Waals surface area contributed by atoms with Gasteiger partial charge in [0.1, 0.15) is 0 Å². The number of hydrogen-bond acceptors (Lipinski definition) is 7. The van der Waals surface area contributed by atoms with Gasteiger partial charge >= 0.3 is 8.80 Å². The van der Waals surface area contributed by atoms with Crippen LogP contribution in [0.5, 0.6) is 0 Å². The van der Waals surface area contributed by atoms with Gasteiger partial charge in [-0.2, -0.15) is 0 Å². The van der Waals surface area contributed by atoms with E-state index in [4.69, 9.17) is 24.7 Å². The lowest BCUT2D eigenvalue weighted by atomic mass is 10.3. The minimum atomic E-state index is -2.50. The van der Waals surface area contributed by atoms with Crippen molar-refractivity contribution < 1.29 is 13.3 Å². The molecule has 0 unspecified atom stereocenters. The van der Waals surface area contributed by atoms with Gasteiger partial charge in [0, 0.05) is 53.6 Å². The highest BCUT2D eigenvalue weighted by molar-refractivity contribution is 6.60. The summed E-state index contributed by atoms with van der Waals surface area (Å²) in [4.78, 5) is 0. The zero-order valence-corrected chi connectivity index (χ0v) is 12.7. The molecule has 0 spiro atoms. The van der Waals surface area contributed by atoms with E-state index in [0.717, 1.165) is 25.6 Å². The van der Waals surface area contributed by atoms with Gasteiger partial charge in [0.15, 0.2) is 0 Å². The van der Waals surface area contributed by atoms with Gasteiger partial charge in [0.05, 0.1) is 6.17 Å². The van der Waals surface area contributed by atoms with Crippen LogP contribution in [0.15, 0.2) is 0 Å². The molecule has 0 aromatic heterocycles. The van der Waals surface area contributed by atoms with Crippen molar-refractivity contribution in [3.8, 4) is 0 Å². The number of hydrogen-bond donors (Lipinski definition) is 4. The fourth-order valence-electron chi connectivity index (χ4n) is 1.67. The smallest absolute Gasteiger partial charge is 0.377 e. The molecule has 0 aromatic carbocycles. The lowest BCUT2D eigenvalue weighted by Crippen LogP contribution is -2.49. The molecule has 0 rings (SSSR count). The predicted molar refractivity (Wildman–Crippen MR) is 74.1 cm³/mol. The Morgan fingerprint density at radius 1 is 0.944 bits per heavy atom. The minimum absolute atomic E-state index is 0.143. The van der Waals surface area contributed by atoms with Crippen LogP contribution >= 0.6 is 0 Å². The molecule has 18 heavy (non-hydrogen) atoms.